The molecule has 2 heterocycles. The molecule has 2 aromatic heterocycles. The van der Waals surface area contributed by atoms with Crippen LogP contribution in [0.5, 0.6) is 5.75 Å². The van der Waals surface area contributed by atoms with Crippen LogP contribution in [0.15, 0.2) is 54.7 Å². The first-order valence-electron chi connectivity index (χ1n) is 11.6. The molecule has 0 radical (unpaired) electrons. The SMILES string of the molecule is COC(=O)c1c(NC(=O)C(C)Oc2ccc(-c3cnc4ccccc4n3)cc2)sc2c1CCCC2. The van der Waals surface area contributed by atoms with E-state index >= 15 is 0 Å². The molecule has 8 heteroatoms. The number of hydrogen-bond acceptors (Lipinski definition) is 7. The average Bonchev–Trinajstić information content (AvgIpc) is 3.26. The Hall–Kier alpha value is -3.78. The Morgan fingerprint density at radius 1 is 1.03 bits per heavy atom. The van der Waals surface area contributed by atoms with Gasteiger partial charge in [0.2, 0.25) is 0 Å². The van der Waals surface area contributed by atoms with E-state index in [2.05, 4.69) is 15.3 Å². The van der Waals surface area contributed by atoms with Crippen molar-refractivity contribution in [2.75, 3.05) is 12.4 Å². The van der Waals surface area contributed by atoms with Gasteiger partial charge in [-0.05, 0) is 74.6 Å². The van der Waals surface area contributed by atoms with Crippen molar-refractivity contribution in [3.05, 3.63) is 70.7 Å². The molecule has 0 saturated heterocycles. The Labute approximate surface area is 207 Å². The summed E-state index contributed by atoms with van der Waals surface area (Å²) in [4.78, 5) is 35.6. The Bertz CT molecular complexity index is 1400. The van der Waals surface area contributed by atoms with Crippen LogP contribution < -0.4 is 10.1 Å². The molecule has 1 atom stereocenters. The summed E-state index contributed by atoms with van der Waals surface area (Å²) in [7, 11) is 1.36. The number of benzene rings is 2. The summed E-state index contributed by atoms with van der Waals surface area (Å²) in [5.41, 5.74) is 4.82. The van der Waals surface area contributed by atoms with Crippen LogP contribution in [0, 0.1) is 0 Å². The number of amides is 1. The maximum Gasteiger partial charge on any atom is 0.341 e. The van der Waals surface area contributed by atoms with Crippen molar-refractivity contribution in [2.45, 2.75) is 38.7 Å². The van der Waals surface area contributed by atoms with Gasteiger partial charge < -0.3 is 14.8 Å². The van der Waals surface area contributed by atoms with E-state index in [0.29, 0.717) is 16.3 Å². The average molecular weight is 488 g/mol. The summed E-state index contributed by atoms with van der Waals surface area (Å²) in [5, 5.41) is 3.43. The molecule has 5 rings (SSSR count). The lowest BCUT2D eigenvalue weighted by Gasteiger charge is -2.15. The zero-order valence-corrected chi connectivity index (χ0v) is 20.4. The third-order valence-corrected chi connectivity index (χ3v) is 7.29. The molecule has 0 bridgehead atoms. The summed E-state index contributed by atoms with van der Waals surface area (Å²) < 4.78 is 10.9. The van der Waals surface area contributed by atoms with Gasteiger partial charge >= 0.3 is 5.97 Å². The molecule has 2 aromatic carbocycles. The highest BCUT2D eigenvalue weighted by Gasteiger charge is 2.28. The number of rotatable bonds is 6. The quantitative estimate of drug-likeness (QED) is 0.365. The number of aryl methyl sites for hydroxylation is 1. The van der Waals surface area contributed by atoms with E-state index in [9.17, 15) is 9.59 Å². The number of carbonyl (C=O) groups excluding carboxylic acids is 2. The van der Waals surface area contributed by atoms with E-state index in [1.807, 2.05) is 36.4 Å². The molecule has 0 aliphatic heterocycles. The Morgan fingerprint density at radius 2 is 1.77 bits per heavy atom. The molecule has 1 aliphatic carbocycles. The van der Waals surface area contributed by atoms with Crippen molar-refractivity contribution in [1.29, 1.82) is 0 Å². The number of anilines is 1. The monoisotopic (exact) mass is 487 g/mol. The first-order chi connectivity index (χ1) is 17.0. The van der Waals surface area contributed by atoms with Crippen molar-refractivity contribution in [3.63, 3.8) is 0 Å². The molecule has 0 spiro atoms. The number of nitrogens with one attached hydrogen (secondary N) is 1. The van der Waals surface area contributed by atoms with Crippen LogP contribution in [0.2, 0.25) is 0 Å². The van der Waals surface area contributed by atoms with Crippen LogP contribution in [0.1, 0.15) is 40.6 Å². The van der Waals surface area contributed by atoms with Crippen LogP contribution in [-0.4, -0.2) is 35.1 Å². The van der Waals surface area contributed by atoms with Gasteiger partial charge in [0.05, 0.1) is 35.6 Å². The third-order valence-electron chi connectivity index (χ3n) is 6.08. The van der Waals surface area contributed by atoms with Crippen LogP contribution in [0.25, 0.3) is 22.3 Å². The number of hydrogen-bond donors (Lipinski definition) is 1. The van der Waals surface area contributed by atoms with Crippen LogP contribution in [0.4, 0.5) is 5.00 Å². The largest absolute Gasteiger partial charge is 0.481 e. The van der Waals surface area contributed by atoms with Gasteiger partial charge in [-0.25, -0.2) is 9.78 Å². The van der Waals surface area contributed by atoms with Crippen molar-refractivity contribution in [1.82, 2.24) is 9.97 Å². The smallest absolute Gasteiger partial charge is 0.341 e. The maximum atomic E-state index is 12.9. The molecule has 7 nitrogen and oxygen atoms in total. The Kier molecular flexibility index (Phi) is 6.46. The number of ether oxygens (including phenoxy) is 2. The molecule has 1 aliphatic rings. The fourth-order valence-corrected chi connectivity index (χ4v) is 5.52. The fourth-order valence-electron chi connectivity index (χ4n) is 4.24. The number of carbonyl (C=O) groups is 2. The first-order valence-corrected chi connectivity index (χ1v) is 12.4. The first kappa shape index (κ1) is 23.0. The van der Waals surface area contributed by atoms with Gasteiger partial charge in [-0.1, -0.05) is 12.1 Å². The van der Waals surface area contributed by atoms with E-state index in [1.165, 1.54) is 18.4 Å². The number of thiophene rings is 1. The number of esters is 1. The van der Waals surface area contributed by atoms with Crippen LogP contribution >= 0.6 is 11.3 Å². The zero-order chi connectivity index (χ0) is 24.4. The Morgan fingerprint density at radius 3 is 2.54 bits per heavy atom. The number of aromatic nitrogens is 2. The van der Waals surface area contributed by atoms with Gasteiger partial charge in [-0.2, -0.15) is 0 Å². The summed E-state index contributed by atoms with van der Waals surface area (Å²) in [6.45, 7) is 1.68. The van der Waals surface area contributed by atoms with Gasteiger partial charge in [0.1, 0.15) is 10.8 Å². The fraction of sp³-hybridized carbons (Fsp3) is 0.259. The van der Waals surface area contributed by atoms with Gasteiger partial charge in [0.25, 0.3) is 5.91 Å². The molecule has 1 N–H and O–H groups in total. The molecular formula is C27H25N3O4S. The van der Waals surface area contributed by atoms with E-state index in [-0.39, 0.29) is 5.91 Å². The Balaban J connectivity index is 1.28. The minimum Gasteiger partial charge on any atom is -0.481 e. The van der Waals surface area contributed by atoms with E-state index < -0.39 is 12.1 Å². The molecule has 178 valence electrons. The standard InChI is InChI=1S/C27H25N3O4S/c1-16(25(31)30-26-24(27(32)33-2)19-7-3-6-10-23(19)35-26)34-18-13-11-17(12-14-18)22-15-28-20-8-4-5-9-21(20)29-22/h4-5,8-9,11-16H,3,6-7,10H2,1-2H3,(H,30,31). The molecule has 1 unspecified atom stereocenters. The lowest BCUT2D eigenvalue weighted by atomic mass is 9.95. The van der Waals surface area contributed by atoms with E-state index in [0.717, 1.165) is 58.4 Å². The number of para-hydroxylation sites is 2. The number of methoxy groups -OCH3 is 1. The van der Waals surface area contributed by atoms with Crippen LogP contribution in [0.3, 0.4) is 0 Å². The molecule has 35 heavy (non-hydrogen) atoms. The lowest BCUT2D eigenvalue weighted by molar-refractivity contribution is -0.122. The summed E-state index contributed by atoms with van der Waals surface area (Å²) >= 11 is 1.46. The second kappa shape index (κ2) is 9.84. The summed E-state index contributed by atoms with van der Waals surface area (Å²) in [6, 6.07) is 15.1. The predicted octanol–water partition coefficient (Wildman–Crippen LogP) is 5.43. The minimum absolute atomic E-state index is 0.321. The van der Waals surface area contributed by atoms with Crippen molar-refractivity contribution >= 4 is 39.2 Å². The minimum atomic E-state index is -0.758. The maximum absolute atomic E-state index is 12.9. The summed E-state index contributed by atoms with van der Waals surface area (Å²) in [5.74, 6) is -0.178. The highest BCUT2D eigenvalue weighted by molar-refractivity contribution is 7.17. The van der Waals surface area contributed by atoms with E-state index in [4.69, 9.17) is 9.47 Å². The second-order valence-electron chi connectivity index (χ2n) is 8.42. The second-order valence-corrected chi connectivity index (χ2v) is 9.53. The highest BCUT2D eigenvalue weighted by atomic mass is 32.1. The van der Waals surface area contributed by atoms with Crippen molar-refractivity contribution in [3.8, 4) is 17.0 Å². The zero-order valence-electron chi connectivity index (χ0n) is 19.5. The number of fused-ring (bicyclic) bond motifs is 2. The highest BCUT2D eigenvalue weighted by Crippen LogP contribution is 2.38. The third kappa shape index (κ3) is 4.74. The molecular weight excluding hydrogens is 462 g/mol. The normalized spacial score (nSPS) is 13.7. The van der Waals surface area contributed by atoms with Gasteiger partial charge in [0.15, 0.2) is 6.10 Å². The predicted molar refractivity (Wildman–Crippen MR) is 136 cm³/mol. The van der Waals surface area contributed by atoms with Crippen molar-refractivity contribution < 1.29 is 19.1 Å². The molecule has 0 fully saturated rings. The summed E-state index contributed by atoms with van der Waals surface area (Å²) in [6.07, 6.45) is 4.84. The molecule has 4 aromatic rings. The number of nitrogens with zero attached hydrogens (tertiary/aromatic N) is 2. The van der Waals surface area contributed by atoms with Crippen LogP contribution in [-0.2, 0) is 22.4 Å². The molecule has 0 saturated carbocycles. The topological polar surface area (TPSA) is 90.4 Å². The molecule has 1 amide bonds. The van der Waals surface area contributed by atoms with Crippen molar-refractivity contribution in [2.24, 2.45) is 0 Å². The van der Waals surface area contributed by atoms with E-state index in [1.54, 1.807) is 25.3 Å². The van der Waals surface area contributed by atoms with Gasteiger partial charge in [-0.3, -0.25) is 9.78 Å². The van der Waals surface area contributed by atoms with Gasteiger partial charge in [-0.15, -0.1) is 11.3 Å². The lowest BCUT2D eigenvalue weighted by Crippen LogP contribution is -2.30. The van der Waals surface area contributed by atoms with Gasteiger partial charge in [0, 0.05) is 10.4 Å².